The average molecular weight is 213 g/mol. The van der Waals surface area contributed by atoms with Gasteiger partial charge in [0, 0.05) is 19.9 Å². The highest BCUT2D eigenvalue weighted by Gasteiger charge is 2.25. The summed E-state index contributed by atoms with van der Waals surface area (Å²) in [6.45, 7) is 3.98. The smallest absolute Gasteiger partial charge is 0.339 e. The van der Waals surface area contributed by atoms with E-state index >= 15 is 0 Å². The molecule has 0 unspecified atom stereocenters. The third kappa shape index (κ3) is 2.71. The van der Waals surface area contributed by atoms with Crippen molar-refractivity contribution in [1.29, 1.82) is 0 Å². The number of aliphatic hydroxyl groups excluding tert-OH is 1. The van der Waals surface area contributed by atoms with Crippen LogP contribution in [0.2, 0.25) is 0 Å². The number of carbonyl (C=O) groups is 2. The summed E-state index contributed by atoms with van der Waals surface area (Å²) in [6, 6.07) is 0. The highest BCUT2D eigenvalue weighted by atomic mass is 16.5. The zero-order valence-corrected chi connectivity index (χ0v) is 8.95. The Kier molecular flexibility index (Phi) is 3.71. The summed E-state index contributed by atoms with van der Waals surface area (Å²) in [5, 5.41) is 9.51. The van der Waals surface area contributed by atoms with E-state index < -0.39 is 5.97 Å². The molecule has 0 atom stereocenters. The minimum Gasteiger partial charge on any atom is -0.512 e. The number of esters is 1. The Hall–Kier alpha value is -1.52. The Labute approximate surface area is 88.3 Å². The lowest BCUT2D eigenvalue weighted by Gasteiger charge is -2.26. The maximum Gasteiger partial charge on any atom is 0.339 e. The molecule has 1 rings (SSSR count). The van der Waals surface area contributed by atoms with Gasteiger partial charge in [0.1, 0.15) is 5.76 Å². The second-order valence-corrected chi connectivity index (χ2v) is 3.34. The van der Waals surface area contributed by atoms with Crippen LogP contribution in [0.25, 0.3) is 0 Å². The van der Waals surface area contributed by atoms with Crippen molar-refractivity contribution in [2.24, 2.45) is 0 Å². The van der Waals surface area contributed by atoms with Gasteiger partial charge in [0.05, 0.1) is 18.7 Å². The van der Waals surface area contributed by atoms with E-state index in [4.69, 9.17) is 4.74 Å². The number of carbonyl (C=O) groups excluding carboxylic acids is 2. The molecule has 5 heteroatoms. The molecule has 0 saturated heterocycles. The second-order valence-electron chi connectivity index (χ2n) is 3.34. The van der Waals surface area contributed by atoms with Gasteiger partial charge in [-0.15, -0.1) is 0 Å². The van der Waals surface area contributed by atoms with Gasteiger partial charge in [-0.3, -0.25) is 4.79 Å². The number of aliphatic hydroxyl groups is 1. The highest BCUT2D eigenvalue weighted by molar-refractivity contribution is 5.90. The van der Waals surface area contributed by atoms with Crippen molar-refractivity contribution >= 4 is 11.9 Å². The van der Waals surface area contributed by atoms with Crippen LogP contribution in [-0.4, -0.2) is 41.6 Å². The zero-order valence-electron chi connectivity index (χ0n) is 8.95. The van der Waals surface area contributed by atoms with E-state index in [1.807, 2.05) is 0 Å². The minimum atomic E-state index is -0.541. The summed E-state index contributed by atoms with van der Waals surface area (Å²) in [5.41, 5.74) is 0.193. The predicted molar refractivity (Wildman–Crippen MR) is 53.2 cm³/mol. The van der Waals surface area contributed by atoms with Crippen LogP contribution in [-0.2, 0) is 14.3 Å². The van der Waals surface area contributed by atoms with Crippen LogP contribution in [0, 0.1) is 0 Å². The molecular weight excluding hydrogens is 198 g/mol. The first-order valence-corrected chi connectivity index (χ1v) is 4.89. The third-order valence-electron chi connectivity index (χ3n) is 2.28. The zero-order chi connectivity index (χ0) is 11.4. The lowest BCUT2D eigenvalue weighted by Crippen LogP contribution is -2.37. The first-order chi connectivity index (χ1) is 7.06. The van der Waals surface area contributed by atoms with Crippen LogP contribution in [0.4, 0.5) is 0 Å². The van der Waals surface area contributed by atoms with Gasteiger partial charge in [0.25, 0.3) is 0 Å². The standard InChI is InChI=1S/C10H15NO4/c1-3-15-10(14)8-6-11(7(2)12)5-4-9(8)13/h13H,3-6H2,1-2H3. The molecule has 0 radical (unpaired) electrons. The summed E-state index contributed by atoms with van der Waals surface area (Å²) in [5.74, 6) is -0.615. The normalized spacial score (nSPS) is 16.5. The Morgan fingerprint density at radius 2 is 2.20 bits per heavy atom. The minimum absolute atomic E-state index is 0.0333. The monoisotopic (exact) mass is 213 g/mol. The summed E-state index contributed by atoms with van der Waals surface area (Å²) in [7, 11) is 0. The first-order valence-electron chi connectivity index (χ1n) is 4.89. The SMILES string of the molecule is CCOC(=O)C1=C(O)CCN(C(C)=O)C1. The van der Waals surface area contributed by atoms with Crippen LogP contribution < -0.4 is 0 Å². The molecule has 0 spiro atoms. The Morgan fingerprint density at radius 3 is 2.73 bits per heavy atom. The van der Waals surface area contributed by atoms with E-state index in [-0.39, 0.29) is 30.4 Å². The molecule has 0 saturated carbocycles. The molecule has 1 N–H and O–H groups in total. The van der Waals surface area contributed by atoms with Crippen LogP contribution in [0.1, 0.15) is 20.3 Å². The van der Waals surface area contributed by atoms with Crippen molar-refractivity contribution < 1.29 is 19.4 Å². The predicted octanol–water partition coefficient (Wildman–Crippen LogP) is 0.614. The van der Waals surface area contributed by atoms with Gasteiger partial charge in [-0.2, -0.15) is 0 Å². The molecule has 0 aromatic carbocycles. The number of nitrogens with zero attached hydrogens (tertiary/aromatic N) is 1. The number of ether oxygens (including phenoxy) is 1. The lowest BCUT2D eigenvalue weighted by atomic mass is 10.1. The van der Waals surface area contributed by atoms with Crippen LogP contribution >= 0.6 is 0 Å². The summed E-state index contributed by atoms with van der Waals surface area (Å²) < 4.78 is 4.79. The topological polar surface area (TPSA) is 66.8 Å². The number of hydrogen-bond acceptors (Lipinski definition) is 4. The molecule has 0 aromatic rings. The van der Waals surface area contributed by atoms with Gasteiger partial charge in [-0.25, -0.2) is 4.79 Å². The van der Waals surface area contributed by atoms with Gasteiger partial charge in [-0.05, 0) is 6.92 Å². The molecule has 1 heterocycles. The number of amides is 1. The fourth-order valence-electron chi connectivity index (χ4n) is 1.42. The molecule has 0 bridgehead atoms. The molecular formula is C10H15NO4. The van der Waals surface area contributed by atoms with Crippen LogP contribution in [0.15, 0.2) is 11.3 Å². The third-order valence-corrected chi connectivity index (χ3v) is 2.28. The van der Waals surface area contributed by atoms with Gasteiger partial charge < -0.3 is 14.7 Å². The maximum atomic E-state index is 11.4. The Bertz CT molecular complexity index is 309. The van der Waals surface area contributed by atoms with Crippen molar-refractivity contribution in [1.82, 2.24) is 4.90 Å². The molecule has 1 aliphatic heterocycles. The molecule has 84 valence electrons. The summed E-state index contributed by atoms with van der Waals surface area (Å²) in [4.78, 5) is 24.0. The maximum absolute atomic E-state index is 11.4. The van der Waals surface area contributed by atoms with Crippen molar-refractivity contribution in [3.05, 3.63) is 11.3 Å². The molecule has 15 heavy (non-hydrogen) atoms. The first kappa shape index (κ1) is 11.6. The van der Waals surface area contributed by atoms with E-state index in [1.165, 1.54) is 11.8 Å². The quantitative estimate of drug-likeness (QED) is 0.682. The van der Waals surface area contributed by atoms with Crippen molar-refractivity contribution in [2.75, 3.05) is 19.7 Å². The Morgan fingerprint density at radius 1 is 1.53 bits per heavy atom. The molecule has 1 amide bonds. The van der Waals surface area contributed by atoms with Gasteiger partial charge in [-0.1, -0.05) is 0 Å². The molecule has 1 aliphatic rings. The second kappa shape index (κ2) is 4.82. The van der Waals surface area contributed by atoms with Crippen LogP contribution in [0.5, 0.6) is 0 Å². The molecule has 0 aromatic heterocycles. The van der Waals surface area contributed by atoms with Crippen molar-refractivity contribution in [3.8, 4) is 0 Å². The highest BCUT2D eigenvalue weighted by Crippen LogP contribution is 2.16. The van der Waals surface area contributed by atoms with E-state index in [1.54, 1.807) is 6.92 Å². The van der Waals surface area contributed by atoms with Gasteiger partial charge in [0.15, 0.2) is 0 Å². The van der Waals surface area contributed by atoms with Crippen molar-refractivity contribution in [3.63, 3.8) is 0 Å². The molecule has 5 nitrogen and oxygen atoms in total. The van der Waals surface area contributed by atoms with Gasteiger partial charge in [0.2, 0.25) is 5.91 Å². The van der Waals surface area contributed by atoms with Crippen LogP contribution in [0.3, 0.4) is 0 Å². The van der Waals surface area contributed by atoms with E-state index in [9.17, 15) is 14.7 Å². The Balaban J connectivity index is 2.76. The van der Waals surface area contributed by atoms with Gasteiger partial charge >= 0.3 is 5.97 Å². The van der Waals surface area contributed by atoms with Crippen molar-refractivity contribution in [2.45, 2.75) is 20.3 Å². The van der Waals surface area contributed by atoms with E-state index in [0.717, 1.165) is 0 Å². The largest absolute Gasteiger partial charge is 0.512 e. The number of hydrogen-bond donors (Lipinski definition) is 1. The molecule has 0 aliphatic carbocycles. The number of rotatable bonds is 2. The van der Waals surface area contributed by atoms with E-state index in [0.29, 0.717) is 13.0 Å². The fraction of sp³-hybridized carbons (Fsp3) is 0.600. The van der Waals surface area contributed by atoms with E-state index in [2.05, 4.69) is 0 Å². The average Bonchev–Trinajstić information content (AvgIpc) is 2.18. The summed E-state index contributed by atoms with van der Waals surface area (Å²) in [6.07, 6.45) is 0.313. The fourth-order valence-corrected chi connectivity index (χ4v) is 1.42. The summed E-state index contributed by atoms with van der Waals surface area (Å²) >= 11 is 0. The molecule has 0 fully saturated rings. The lowest BCUT2D eigenvalue weighted by molar-refractivity contribution is -0.139.